The van der Waals surface area contributed by atoms with E-state index in [0.29, 0.717) is 18.3 Å². The van der Waals surface area contributed by atoms with E-state index < -0.39 is 23.9 Å². The molecule has 1 aromatic carbocycles. The number of rotatable bonds is 6. The van der Waals surface area contributed by atoms with E-state index in [2.05, 4.69) is 13.8 Å². The molecule has 0 radical (unpaired) electrons. The molecule has 1 aliphatic carbocycles. The van der Waals surface area contributed by atoms with Gasteiger partial charge in [-0.2, -0.15) is 13.2 Å². The Morgan fingerprint density at radius 2 is 1.64 bits per heavy atom. The van der Waals surface area contributed by atoms with Crippen LogP contribution in [0.15, 0.2) is 30.3 Å². The fourth-order valence-electron chi connectivity index (χ4n) is 4.29. The minimum atomic E-state index is -4.94. The Bertz CT molecular complexity index is 642. The molecule has 3 nitrogen and oxygen atoms in total. The summed E-state index contributed by atoms with van der Waals surface area (Å²) in [7, 11) is 0.902. The third kappa shape index (κ3) is 4.37. The van der Waals surface area contributed by atoms with Gasteiger partial charge in [0, 0.05) is 12.7 Å². The van der Waals surface area contributed by atoms with Crippen molar-refractivity contribution in [3.63, 3.8) is 0 Å². The van der Waals surface area contributed by atoms with Crippen molar-refractivity contribution in [1.29, 1.82) is 0 Å². The molecule has 0 aromatic heterocycles. The van der Waals surface area contributed by atoms with E-state index >= 15 is 0 Å². The van der Waals surface area contributed by atoms with Crippen molar-refractivity contribution < 1.29 is 27.4 Å². The van der Waals surface area contributed by atoms with Gasteiger partial charge < -0.3 is 9.47 Å². The zero-order chi connectivity index (χ0) is 21.1. The first-order chi connectivity index (χ1) is 13.0. The SMILES string of the molecule is COC(C(=O)O[C@H]1C[C@H](C(C)C)CC[C@H]1C(C)C)(c1ccccc1)C(F)(F)F. The normalized spacial score (nSPS) is 25.6. The van der Waals surface area contributed by atoms with Crippen LogP contribution in [0.5, 0.6) is 0 Å². The maximum absolute atomic E-state index is 14.1. The monoisotopic (exact) mass is 400 g/mol. The van der Waals surface area contributed by atoms with E-state index in [1.807, 2.05) is 13.8 Å². The van der Waals surface area contributed by atoms with Gasteiger partial charge in [-0.05, 0) is 42.9 Å². The summed E-state index contributed by atoms with van der Waals surface area (Å²) in [5, 5.41) is 0. The molecule has 0 N–H and O–H groups in total. The van der Waals surface area contributed by atoms with E-state index in [4.69, 9.17) is 9.47 Å². The number of hydrogen-bond donors (Lipinski definition) is 0. The van der Waals surface area contributed by atoms with Crippen molar-refractivity contribution in [3.05, 3.63) is 35.9 Å². The van der Waals surface area contributed by atoms with Crippen LogP contribution in [-0.2, 0) is 19.9 Å². The Morgan fingerprint density at radius 3 is 2.11 bits per heavy atom. The molecule has 1 unspecified atom stereocenters. The van der Waals surface area contributed by atoms with Gasteiger partial charge in [0.2, 0.25) is 0 Å². The highest BCUT2D eigenvalue weighted by atomic mass is 19.4. The largest absolute Gasteiger partial charge is 0.459 e. The van der Waals surface area contributed by atoms with Crippen LogP contribution in [0.4, 0.5) is 13.2 Å². The lowest BCUT2D eigenvalue weighted by atomic mass is 9.71. The number of carbonyl (C=O) groups is 1. The average Bonchev–Trinajstić information content (AvgIpc) is 2.62. The molecule has 4 atom stereocenters. The first-order valence-corrected chi connectivity index (χ1v) is 9.93. The standard InChI is InChI=1S/C22H31F3O3/c1-14(2)16-11-12-18(15(3)4)19(13-16)28-20(26)21(27-5,22(23,24)25)17-9-7-6-8-10-17/h6-10,14-16,18-19H,11-13H2,1-5H3/t16-,18+,19+,21?/m1/s1. The number of benzene rings is 1. The molecule has 0 aliphatic heterocycles. The van der Waals surface area contributed by atoms with Crippen LogP contribution in [0.1, 0.15) is 52.5 Å². The minimum absolute atomic E-state index is 0.0394. The van der Waals surface area contributed by atoms with Crippen LogP contribution in [0, 0.1) is 23.7 Å². The predicted molar refractivity (Wildman–Crippen MR) is 102 cm³/mol. The van der Waals surface area contributed by atoms with Crippen LogP contribution >= 0.6 is 0 Å². The Balaban J connectivity index is 2.38. The van der Waals surface area contributed by atoms with Gasteiger partial charge in [-0.15, -0.1) is 0 Å². The molecule has 2 rings (SSSR count). The maximum atomic E-state index is 14.1. The molecule has 1 aromatic rings. The summed E-state index contributed by atoms with van der Waals surface area (Å²) in [5.41, 5.74) is -3.40. The van der Waals surface area contributed by atoms with Gasteiger partial charge >= 0.3 is 12.1 Å². The number of carbonyl (C=O) groups excluding carboxylic acids is 1. The van der Waals surface area contributed by atoms with E-state index in [-0.39, 0.29) is 17.4 Å². The van der Waals surface area contributed by atoms with Crippen molar-refractivity contribution in [2.45, 2.75) is 64.8 Å². The number of ether oxygens (including phenoxy) is 2. The van der Waals surface area contributed by atoms with Gasteiger partial charge in [-0.1, -0.05) is 58.0 Å². The molecule has 6 heteroatoms. The van der Waals surface area contributed by atoms with Crippen LogP contribution in [0.2, 0.25) is 0 Å². The lowest BCUT2D eigenvalue weighted by molar-refractivity contribution is -0.280. The first kappa shape index (κ1) is 22.7. The molecule has 158 valence electrons. The maximum Gasteiger partial charge on any atom is 0.432 e. The lowest BCUT2D eigenvalue weighted by Gasteiger charge is -2.41. The quantitative estimate of drug-likeness (QED) is 0.572. The second-order valence-corrected chi connectivity index (χ2v) is 8.42. The van der Waals surface area contributed by atoms with E-state index in [1.54, 1.807) is 6.07 Å². The fraction of sp³-hybridized carbons (Fsp3) is 0.682. The second-order valence-electron chi connectivity index (χ2n) is 8.42. The van der Waals surface area contributed by atoms with Crippen molar-refractivity contribution in [3.8, 4) is 0 Å². The second kappa shape index (κ2) is 8.85. The minimum Gasteiger partial charge on any atom is -0.459 e. The third-order valence-corrected chi connectivity index (χ3v) is 6.11. The first-order valence-electron chi connectivity index (χ1n) is 9.93. The molecule has 28 heavy (non-hydrogen) atoms. The van der Waals surface area contributed by atoms with Crippen molar-refractivity contribution in [2.75, 3.05) is 7.11 Å². The van der Waals surface area contributed by atoms with Gasteiger partial charge in [-0.25, -0.2) is 4.79 Å². The van der Waals surface area contributed by atoms with Gasteiger partial charge in [0.15, 0.2) is 0 Å². The third-order valence-electron chi connectivity index (χ3n) is 6.11. The molecular formula is C22H31F3O3. The van der Waals surface area contributed by atoms with Crippen LogP contribution in [0.3, 0.4) is 0 Å². The van der Waals surface area contributed by atoms with Crippen LogP contribution < -0.4 is 0 Å². The highest BCUT2D eigenvalue weighted by Crippen LogP contribution is 2.45. The topological polar surface area (TPSA) is 35.5 Å². The molecule has 0 bridgehead atoms. The number of methoxy groups -OCH3 is 1. The highest BCUT2D eigenvalue weighted by molar-refractivity contribution is 5.82. The number of alkyl halides is 3. The number of hydrogen-bond acceptors (Lipinski definition) is 3. The van der Waals surface area contributed by atoms with Crippen molar-refractivity contribution in [1.82, 2.24) is 0 Å². The molecule has 0 amide bonds. The molecular weight excluding hydrogens is 369 g/mol. The van der Waals surface area contributed by atoms with Crippen LogP contribution in [-0.4, -0.2) is 25.4 Å². The summed E-state index contributed by atoms with van der Waals surface area (Å²) in [6, 6.07) is 6.99. The Hall–Kier alpha value is -1.56. The number of halogens is 3. The molecule has 1 aliphatic rings. The summed E-state index contributed by atoms with van der Waals surface area (Å²) in [6.07, 6.45) is -3.06. The molecule has 1 saturated carbocycles. The Morgan fingerprint density at radius 1 is 1.04 bits per heavy atom. The van der Waals surface area contributed by atoms with Gasteiger partial charge in [0.25, 0.3) is 5.60 Å². The smallest absolute Gasteiger partial charge is 0.432 e. The Kier molecular flexibility index (Phi) is 7.18. The molecule has 0 saturated heterocycles. The van der Waals surface area contributed by atoms with E-state index in [0.717, 1.165) is 20.0 Å². The van der Waals surface area contributed by atoms with Crippen molar-refractivity contribution in [2.24, 2.45) is 23.7 Å². The highest BCUT2D eigenvalue weighted by Gasteiger charge is 2.64. The fourth-order valence-corrected chi connectivity index (χ4v) is 4.29. The average molecular weight is 400 g/mol. The Labute approximate surface area is 165 Å². The van der Waals surface area contributed by atoms with E-state index in [9.17, 15) is 18.0 Å². The van der Waals surface area contributed by atoms with Gasteiger partial charge in [0.1, 0.15) is 6.10 Å². The summed E-state index contributed by atoms with van der Waals surface area (Å²) < 4.78 is 52.8. The molecule has 0 heterocycles. The molecule has 1 fully saturated rings. The zero-order valence-electron chi connectivity index (χ0n) is 17.3. The summed E-state index contributed by atoms with van der Waals surface area (Å²) >= 11 is 0. The van der Waals surface area contributed by atoms with Crippen LogP contribution in [0.25, 0.3) is 0 Å². The van der Waals surface area contributed by atoms with Crippen molar-refractivity contribution >= 4 is 5.97 Å². The number of esters is 1. The summed E-state index contributed by atoms with van der Waals surface area (Å²) in [4.78, 5) is 13.0. The summed E-state index contributed by atoms with van der Waals surface area (Å²) in [6.45, 7) is 8.23. The van der Waals surface area contributed by atoms with E-state index in [1.165, 1.54) is 24.3 Å². The lowest BCUT2D eigenvalue weighted by Crippen LogP contribution is -2.53. The van der Waals surface area contributed by atoms with Gasteiger partial charge in [0.05, 0.1) is 0 Å². The molecule has 0 spiro atoms. The van der Waals surface area contributed by atoms with Gasteiger partial charge in [-0.3, -0.25) is 0 Å². The predicted octanol–water partition coefficient (Wildman–Crippen LogP) is 5.73. The zero-order valence-corrected chi connectivity index (χ0v) is 17.3. The summed E-state index contributed by atoms with van der Waals surface area (Å²) in [5.74, 6) is -0.415.